The van der Waals surface area contributed by atoms with E-state index in [1.807, 2.05) is 81.5 Å². The zero-order valence-corrected chi connectivity index (χ0v) is 20.8. The number of fused-ring (bicyclic) bond motifs is 6. The minimum Gasteiger partial charge on any atom is -0.458 e. The molecule has 180 valence electrons. The number of nitrogens with zero attached hydrogens (tertiary/aromatic N) is 2. The molecular weight excluding hydrogens is 436 g/mol. The summed E-state index contributed by atoms with van der Waals surface area (Å²) in [6.07, 6.45) is 19.5. The number of carbonyl (C=O) groups excluding carboxylic acids is 1. The van der Waals surface area contributed by atoms with Gasteiger partial charge in [0.15, 0.2) is 5.54 Å². The lowest BCUT2D eigenvalue weighted by atomic mass is 9.91. The molecular formula is C29H32N4O2. The molecule has 0 amide bonds. The van der Waals surface area contributed by atoms with Gasteiger partial charge in [0.05, 0.1) is 22.8 Å². The summed E-state index contributed by atoms with van der Waals surface area (Å²) in [5.74, 6) is -0.296. The molecule has 0 aliphatic carbocycles. The Balaban J connectivity index is 1.66. The highest BCUT2D eigenvalue weighted by molar-refractivity contribution is 6.20. The molecule has 0 spiro atoms. The monoisotopic (exact) mass is 468 g/mol. The smallest absolute Gasteiger partial charge is 0.336 e. The molecule has 6 nitrogen and oxygen atoms in total. The van der Waals surface area contributed by atoms with Crippen LogP contribution in [0.25, 0.3) is 12.2 Å². The van der Waals surface area contributed by atoms with Crippen molar-refractivity contribution in [2.24, 2.45) is 9.98 Å². The second-order valence-electron chi connectivity index (χ2n) is 10.4. The van der Waals surface area contributed by atoms with Crippen LogP contribution in [0.1, 0.15) is 53.4 Å². The first-order valence-electron chi connectivity index (χ1n) is 12.3. The Labute approximate surface area is 206 Å². The van der Waals surface area contributed by atoms with E-state index in [1.54, 1.807) is 0 Å². The number of carbonyl (C=O) groups is 1. The number of unbranched alkanes of at least 4 members (excludes halogenated alkanes) is 1. The van der Waals surface area contributed by atoms with Crippen LogP contribution in [0.2, 0.25) is 0 Å². The summed E-state index contributed by atoms with van der Waals surface area (Å²) < 4.78 is 5.92. The average Bonchev–Trinajstić information content (AvgIpc) is 3.56. The van der Waals surface area contributed by atoms with Crippen LogP contribution in [0.5, 0.6) is 0 Å². The molecule has 5 rings (SSSR count). The van der Waals surface area contributed by atoms with Gasteiger partial charge in [0.1, 0.15) is 5.60 Å². The van der Waals surface area contributed by atoms with Crippen LogP contribution in [0.15, 0.2) is 81.2 Å². The first-order valence-corrected chi connectivity index (χ1v) is 12.3. The van der Waals surface area contributed by atoms with Gasteiger partial charge in [-0.05, 0) is 99.9 Å². The Hall–Kier alpha value is -3.67. The van der Waals surface area contributed by atoms with Gasteiger partial charge in [0, 0.05) is 22.8 Å². The molecule has 0 radical (unpaired) electrons. The number of H-pyrrole nitrogens is 1. The van der Waals surface area contributed by atoms with Crippen LogP contribution >= 0.6 is 0 Å². The normalized spacial score (nSPS) is 22.6. The third-order valence-electron chi connectivity index (χ3n) is 6.22. The van der Waals surface area contributed by atoms with E-state index in [0.717, 1.165) is 58.5 Å². The van der Waals surface area contributed by atoms with Crippen LogP contribution in [0.3, 0.4) is 0 Å². The third kappa shape index (κ3) is 5.06. The minimum absolute atomic E-state index is 0.296. The standard InChI is InChI=1S/C29H32N4O2/c1-5-6-7-19-17-29(27(34)35-28(2,3)4)18-25-13-12-23(32-25)15-21-9-8-20(30-21)14-22-10-11-24(31-22)16-26(19)33-29/h8-16,18,30,33H,5-7,17H2,1-4H3. The highest BCUT2D eigenvalue weighted by Gasteiger charge is 2.45. The van der Waals surface area contributed by atoms with Gasteiger partial charge in [-0.1, -0.05) is 13.3 Å². The molecule has 2 N–H and O–H groups in total. The Morgan fingerprint density at radius 1 is 1.00 bits per heavy atom. The zero-order chi connectivity index (χ0) is 24.6. The van der Waals surface area contributed by atoms with Gasteiger partial charge in [-0.15, -0.1) is 0 Å². The number of aromatic amines is 1. The molecule has 0 aromatic carbocycles. The van der Waals surface area contributed by atoms with Crippen molar-refractivity contribution in [3.8, 4) is 0 Å². The van der Waals surface area contributed by atoms with Crippen LogP contribution in [-0.2, 0) is 9.53 Å². The van der Waals surface area contributed by atoms with Crippen molar-refractivity contribution >= 4 is 29.5 Å². The van der Waals surface area contributed by atoms with Crippen LogP contribution in [-0.4, -0.2) is 33.5 Å². The predicted molar refractivity (Wildman–Crippen MR) is 141 cm³/mol. The first-order chi connectivity index (χ1) is 16.7. The number of hydrogen-bond acceptors (Lipinski definition) is 5. The van der Waals surface area contributed by atoms with E-state index >= 15 is 0 Å². The predicted octanol–water partition coefficient (Wildman–Crippen LogP) is 3.90. The van der Waals surface area contributed by atoms with Gasteiger partial charge < -0.3 is 15.0 Å². The first kappa shape index (κ1) is 23.1. The fourth-order valence-electron chi connectivity index (χ4n) is 4.62. The van der Waals surface area contributed by atoms with Crippen LogP contribution < -0.4 is 16.0 Å². The lowest BCUT2D eigenvalue weighted by Gasteiger charge is -2.30. The Morgan fingerprint density at radius 2 is 1.66 bits per heavy atom. The number of esters is 1. The van der Waals surface area contributed by atoms with Crippen molar-refractivity contribution in [2.75, 3.05) is 0 Å². The number of aliphatic imine (C=N–C) groups is 2. The molecule has 1 unspecified atom stereocenters. The molecule has 0 fully saturated rings. The number of rotatable bonds is 4. The molecule has 0 saturated heterocycles. The van der Waals surface area contributed by atoms with Gasteiger partial charge >= 0.3 is 5.97 Å². The number of aromatic nitrogens is 1. The summed E-state index contributed by atoms with van der Waals surface area (Å²) in [6, 6.07) is 4.05. The number of hydrogen-bond donors (Lipinski definition) is 2. The van der Waals surface area contributed by atoms with E-state index in [0.29, 0.717) is 6.42 Å². The van der Waals surface area contributed by atoms with Crippen molar-refractivity contribution in [2.45, 2.75) is 64.5 Å². The summed E-state index contributed by atoms with van der Waals surface area (Å²) in [4.78, 5) is 26.6. The maximum atomic E-state index is 13.7. The van der Waals surface area contributed by atoms with E-state index in [9.17, 15) is 4.79 Å². The fraction of sp³-hybridized carbons (Fsp3) is 0.345. The SMILES string of the molecule is CCCCC1=C2C=C3C=CC(=N3)C=c3ccc([nH]3)=CC3=NC(=CC(C(=O)OC(C)(C)C)(C1)N2)C=C3. The highest BCUT2D eigenvalue weighted by Crippen LogP contribution is 2.37. The number of nitrogens with one attached hydrogen (secondary N) is 2. The summed E-state index contributed by atoms with van der Waals surface area (Å²) in [5.41, 5.74) is 3.82. The maximum Gasteiger partial charge on any atom is 0.336 e. The Bertz CT molecular complexity index is 1400. The van der Waals surface area contributed by atoms with E-state index in [4.69, 9.17) is 14.7 Å². The Morgan fingerprint density at radius 3 is 2.31 bits per heavy atom. The zero-order valence-electron chi connectivity index (χ0n) is 20.8. The third-order valence-corrected chi connectivity index (χ3v) is 6.22. The van der Waals surface area contributed by atoms with E-state index in [1.165, 1.54) is 5.57 Å². The van der Waals surface area contributed by atoms with Crippen molar-refractivity contribution in [3.05, 3.63) is 82.0 Å². The van der Waals surface area contributed by atoms with Crippen molar-refractivity contribution in [1.29, 1.82) is 0 Å². The molecule has 4 aliphatic heterocycles. The minimum atomic E-state index is -1.03. The maximum absolute atomic E-state index is 13.7. The summed E-state index contributed by atoms with van der Waals surface area (Å²) >= 11 is 0. The quantitative estimate of drug-likeness (QED) is 0.658. The number of ether oxygens (including phenoxy) is 1. The fourth-order valence-corrected chi connectivity index (χ4v) is 4.62. The van der Waals surface area contributed by atoms with E-state index in [-0.39, 0.29) is 5.97 Å². The van der Waals surface area contributed by atoms with Crippen molar-refractivity contribution < 1.29 is 9.53 Å². The second-order valence-corrected chi connectivity index (χ2v) is 10.4. The molecule has 1 aromatic heterocycles. The van der Waals surface area contributed by atoms with Crippen LogP contribution in [0, 0.1) is 0 Å². The van der Waals surface area contributed by atoms with Crippen molar-refractivity contribution in [1.82, 2.24) is 10.3 Å². The molecule has 1 atom stereocenters. The van der Waals surface area contributed by atoms with Crippen molar-refractivity contribution in [3.63, 3.8) is 0 Å². The largest absolute Gasteiger partial charge is 0.458 e. The van der Waals surface area contributed by atoms with Crippen LogP contribution in [0.4, 0.5) is 0 Å². The Kier molecular flexibility index (Phi) is 5.83. The second kappa shape index (κ2) is 8.84. The molecule has 0 saturated carbocycles. The molecule has 1 aromatic rings. The molecule has 35 heavy (non-hydrogen) atoms. The van der Waals surface area contributed by atoms with E-state index in [2.05, 4.69) is 17.2 Å². The van der Waals surface area contributed by atoms with Gasteiger partial charge in [-0.2, -0.15) is 0 Å². The van der Waals surface area contributed by atoms with Gasteiger partial charge in [-0.25, -0.2) is 14.8 Å². The van der Waals surface area contributed by atoms with Gasteiger partial charge in [0.2, 0.25) is 0 Å². The summed E-state index contributed by atoms with van der Waals surface area (Å²) in [7, 11) is 0. The average molecular weight is 469 g/mol. The molecule has 4 aliphatic rings. The summed E-state index contributed by atoms with van der Waals surface area (Å²) in [6.45, 7) is 7.87. The molecule has 6 heteroatoms. The van der Waals surface area contributed by atoms with E-state index < -0.39 is 11.1 Å². The topological polar surface area (TPSA) is 78.8 Å². The lowest BCUT2D eigenvalue weighted by Crippen LogP contribution is -2.50. The number of allylic oxidation sites excluding steroid dienone is 5. The highest BCUT2D eigenvalue weighted by atomic mass is 16.6. The lowest BCUT2D eigenvalue weighted by molar-refractivity contribution is -0.160. The van der Waals surface area contributed by atoms with Gasteiger partial charge in [-0.3, -0.25) is 0 Å². The van der Waals surface area contributed by atoms with Gasteiger partial charge in [0.25, 0.3) is 0 Å². The molecule has 8 bridgehead atoms. The summed E-state index contributed by atoms with van der Waals surface area (Å²) in [5, 5.41) is 5.49. The molecule has 5 heterocycles.